The van der Waals surface area contributed by atoms with E-state index in [1.165, 1.54) is 12.1 Å². The van der Waals surface area contributed by atoms with Crippen LogP contribution in [0.5, 0.6) is 0 Å². The van der Waals surface area contributed by atoms with E-state index in [0.29, 0.717) is 26.0 Å². The van der Waals surface area contributed by atoms with Crippen molar-refractivity contribution >= 4 is 5.91 Å². The molecule has 3 heterocycles. The van der Waals surface area contributed by atoms with Gasteiger partial charge in [0.15, 0.2) is 6.10 Å². The zero-order valence-electron chi connectivity index (χ0n) is 17.1. The smallest absolute Gasteiger partial charge is 0.365 e. The molecule has 168 valence electrons. The van der Waals surface area contributed by atoms with Crippen LogP contribution in [-0.2, 0) is 22.1 Å². The number of benzene rings is 1. The second kappa shape index (κ2) is 9.47. The van der Waals surface area contributed by atoms with Crippen molar-refractivity contribution in [3.05, 3.63) is 65.8 Å². The van der Waals surface area contributed by atoms with Crippen LogP contribution in [0.15, 0.2) is 53.3 Å². The number of rotatable bonds is 6. The number of aromatic nitrogens is 3. The Labute approximate surface area is 182 Å². The maximum atomic E-state index is 13.0. The number of ether oxygens (including phenoxy) is 1. The SMILES string of the molecule is O=C(CCCc1ccncc1)N1CCO[C@H](c2nc(-c3cccc(C(F)(F)F)c3)no2)C1. The van der Waals surface area contributed by atoms with E-state index in [1.54, 1.807) is 17.3 Å². The average molecular weight is 446 g/mol. The quantitative estimate of drug-likeness (QED) is 0.568. The summed E-state index contributed by atoms with van der Waals surface area (Å²) in [5.74, 6) is 0.173. The Morgan fingerprint density at radius 1 is 1.19 bits per heavy atom. The molecular formula is C22H21F3N4O3. The molecule has 4 rings (SSSR count). The lowest BCUT2D eigenvalue weighted by Crippen LogP contribution is -2.42. The van der Waals surface area contributed by atoms with Crippen LogP contribution in [0.2, 0.25) is 0 Å². The van der Waals surface area contributed by atoms with Crippen molar-refractivity contribution in [1.82, 2.24) is 20.0 Å². The first kappa shape index (κ1) is 21.9. The lowest BCUT2D eigenvalue weighted by Gasteiger charge is -2.31. The van der Waals surface area contributed by atoms with Crippen molar-refractivity contribution < 1.29 is 27.2 Å². The van der Waals surface area contributed by atoms with Gasteiger partial charge in [-0.25, -0.2) is 0 Å². The monoisotopic (exact) mass is 446 g/mol. The molecule has 10 heteroatoms. The standard InChI is InChI=1S/C22H21F3N4O3/c23-22(24,25)17-5-2-4-16(13-17)20-27-21(32-28-20)18-14-29(11-12-31-18)19(30)6-1-3-15-7-9-26-10-8-15/h2,4-5,7-10,13,18H,1,3,6,11-12,14H2/t18-/m0/s1. The van der Waals surface area contributed by atoms with E-state index in [1.807, 2.05) is 12.1 Å². The first-order valence-electron chi connectivity index (χ1n) is 10.2. The Morgan fingerprint density at radius 3 is 2.78 bits per heavy atom. The highest BCUT2D eigenvalue weighted by atomic mass is 19.4. The third-order valence-corrected chi connectivity index (χ3v) is 5.19. The molecule has 1 aliphatic heterocycles. The number of alkyl halides is 3. The van der Waals surface area contributed by atoms with Gasteiger partial charge in [-0.1, -0.05) is 17.3 Å². The van der Waals surface area contributed by atoms with Gasteiger partial charge in [0.2, 0.25) is 11.7 Å². The average Bonchev–Trinajstić information content (AvgIpc) is 3.30. The Kier molecular flexibility index (Phi) is 6.50. The molecule has 1 saturated heterocycles. The van der Waals surface area contributed by atoms with E-state index in [0.717, 1.165) is 24.1 Å². The lowest BCUT2D eigenvalue weighted by atomic mass is 10.1. The number of carbonyl (C=O) groups is 1. The van der Waals surface area contributed by atoms with Gasteiger partial charge in [-0.05, 0) is 42.7 Å². The summed E-state index contributed by atoms with van der Waals surface area (Å²) in [6, 6.07) is 8.56. The van der Waals surface area contributed by atoms with Crippen LogP contribution in [0, 0.1) is 0 Å². The number of halogens is 3. The van der Waals surface area contributed by atoms with Crippen molar-refractivity contribution in [2.75, 3.05) is 19.7 Å². The highest BCUT2D eigenvalue weighted by Gasteiger charge is 2.32. The van der Waals surface area contributed by atoms with Crippen LogP contribution in [0.3, 0.4) is 0 Å². The number of morpholine rings is 1. The Hall–Kier alpha value is -3.27. The van der Waals surface area contributed by atoms with E-state index < -0.39 is 17.8 Å². The molecule has 1 aliphatic rings. The van der Waals surface area contributed by atoms with Crippen LogP contribution in [0.1, 0.15) is 36.0 Å². The normalized spacial score (nSPS) is 16.8. The zero-order valence-corrected chi connectivity index (χ0v) is 17.1. The third-order valence-electron chi connectivity index (χ3n) is 5.19. The fraction of sp³-hybridized carbons (Fsp3) is 0.364. The predicted molar refractivity (Wildman–Crippen MR) is 107 cm³/mol. The van der Waals surface area contributed by atoms with E-state index in [-0.39, 0.29) is 29.7 Å². The number of pyridine rings is 1. The van der Waals surface area contributed by atoms with Crippen LogP contribution in [-0.4, -0.2) is 45.6 Å². The number of nitrogens with zero attached hydrogens (tertiary/aromatic N) is 4. The lowest BCUT2D eigenvalue weighted by molar-refractivity contribution is -0.140. The van der Waals surface area contributed by atoms with Gasteiger partial charge in [-0.15, -0.1) is 0 Å². The molecule has 7 nitrogen and oxygen atoms in total. The van der Waals surface area contributed by atoms with Crippen molar-refractivity contribution in [1.29, 1.82) is 0 Å². The van der Waals surface area contributed by atoms with Crippen molar-refractivity contribution in [3.8, 4) is 11.4 Å². The van der Waals surface area contributed by atoms with Crippen LogP contribution >= 0.6 is 0 Å². The van der Waals surface area contributed by atoms with Gasteiger partial charge < -0.3 is 14.2 Å². The molecule has 0 bridgehead atoms. The molecule has 2 aromatic heterocycles. The minimum absolute atomic E-state index is 0.00460. The largest absolute Gasteiger partial charge is 0.416 e. The van der Waals surface area contributed by atoms with E-state index >= 15 is 0 Å². The van der Waals surface area contributed by atoms with Gasteiger partial charge in [0.25, 0.3) is 5.89 Å². The topological polar surface area (TPSA) is 81.4 Å². The molecule has 3 aromatic rings. The highest BCUT2D eigenvalue weighted by Crippen LogP contribution is 2.32. The first-order valence-corrected chi connectivity index (χ1v) is 10.2. The van der Waals surface area contributed by atoms with Gasteiger partial charge >= 0.3 is 6.18 Å². The molecule has 0 unspecified atom stereocenters. The molecule has 1 amide bonds. The molecule has 32 heavy (non-hydrogen) atoms. The third kappa shape index (κ3) is 5.31. The summed E-state index contributed by atoms with van der Waals surface area (Å²) in [6.45, 7) is 1.01. The summed E-state index contributed by atoms with van der Waals surface area (Å²) in [4.78, 5) is 22.5. The zero-order chi connectivity index (χ0) is 22.6. The van der Waals surface area contributed by atoms with Crippen molar-refractivity contribution in [2.45, 2.75) is 31.5 Å². The van der Waals surface area contributed by atoms with E-state index in [4.69, 9.17) is 9.26 Å². The minimum Gasteiger partial charge on any atom is -0.365 e. The summed E-state index contributed by atoms with van der Waals surface area (Å²) in [6.07, 6.45) is 0.252. The van der Waals surface area contributed by atoms with Crippen molar-refractivity contribution in [2.24, 2.45) is 0 Å². The fourth-order valence-electron chi connectivity index (χ4n) is 3.49. The van der Waals surface area contributed by atoms with Gasteiger partial charge in [0.1, 0.15) is 0 Å². The van der Waals surface area contributed by atoms with E-state index in [9.17, 15) is 18.0 Å². The molecular weight excluding hydrogens is 425 g/mol. The van der Waals surface area contributed by atoms with Crippen LogP contribution < -0.4 is 0 Å². The maximum absolute atomic E-state index is 13.0. The summed E-state index contributed by atoms with van der Waals surface area (Å²) in [5, 5.41) is 3.80. The molecule has 0 radical (unpaired) electrons. The van der Waals surface area contributed by atoms with Crippen LogP contribution in [0.25, 0.3) is 11.4 Å². The fourth-order valence-corrected chi connectivity index (χ4v) is 3.49. The minimum atomic E-state index is -4.46. The Balaban J connectivity index is 1.37. The Morgan fingerprint density at radius 2 is 2.00 bits per heavy atom. The number of carbonyl (C=O) groups excluding carboxylic acids is 1. The van der Waals surface area contributed by atoms with Gasteiger partial charge in [0.05, 0.1) is 18.7 Å². The second-order valence-electron chi connectivity index (χ2n) is 7.44. The molecule has 1 aromatic carbocycles. The summed E-state index contributed by atoms with van der Waals surface area (Å²) >= 11 is 0. The molecule has 0 N–H and O–H groups in total. The van der Waals surface area contributed by atoms with Crippen LogP contribution in [0.4, 0.5) is 13.2 Å². The number of hydrogen-bond acceptors (Lipinski definition) is 6. The predicted octanol–water partition coefficient (Wildman–Crippen LogP) is 4.07. The first-order chi connectivity index (χ1) is 15.4. The molecule has 0 spiro atoms. The Bertz CT molecular complexity index is 1060. The second-order valence-corrected chi connectivity index (χ2v) is 7.44. The van der Waals surface area contributed by atoms with Gasteiger partial charge in [-0.3, -0.25) is 9.78 Å². The van der Waals surface area contributed by atoms with Gasteiger partial charge in [-0.2, -0.15) is 18.2 Å². The number of aryl methyl sites for hydroxylation is 1. The summed E-state index contributed by atoms with van der Waals surface area (Å²) in [5.41, 5.74) is 0.522. The number of hydrogen-bond donors (Lipinski definition) is 0. The molecule has 0 aliphatic carbocycles. The van der Waals surface area contributed by atoms with Crippen molar-refractivity contribution in [3.63, 3.8) is 0 Å². The summed E-state index contributed by atoms with van der Waals surface area (Å²) in [7, 11) is 0. The molecule has 0 saturated carbocycles. The summed E-state index contributed by atoms with van der Waals surface area (Å²) < 4.78 is 49.8. The van der Waals surface area contributed by atoms with Gasteiger partial charge in [0, 0.05) is 30.9 Å². The number of amides is 1. The van der Waals surface area contributed by atoms with E-state index in [2.05, 4.69) is 15.1 Å². The highest BCUT2D eigenvalue weighted by molar-refractivity contribution is 5.76. The molecule has 1 atom stereocenters. The molecule has 1 fully saturated rings. The maximum Gasteiger partial charge on any atom is 0.416 e.